The lowest BCUT2D eigenvalue weighted by molar-refractivity contribution is -0.115. The first-order chi connectivity index (χ1) is 13.0. The minimum atomic E-state index is -0.275. The minimum absolute atomic E-state index is 0.0409. The zero-order valence-electron chi connectivity index (χ0n) is 15.5. The summed E-state index contributed by atoms with van der Waals surface area (Å²) in [5.41, 5.74) is 2.96. The fourth-order valence-corrected chi connectivity index (χ4v) is 4.42. The van der Waals surface area contributed by atoms with Crippen molar-refractivity contribution in [3.8, 4) is 0 Å². The molecule has 1 aromatic heterocycles. The van der Waals surface area contributed by atoms with Crippen molar-refractivity contribution < 1.29 is 4.79 Å². The van der Waals surface area contributed by atoms with Crippen LogP contribution in [0.15, 0.2) is 58.9 Å². The Labute approximate surface area is 167 Å². The molecule has 3 aromatic rings. The molecule has 0 aliphatic carbocycles. The van der Waals surface area contributed by atoms with Gasteiger partial charge in [0.15, 0.2) is 4.34 Å². The summed E-state index contributed by atoms with van der Waals surface area (Å²) >= 11 is 2.85. The fourth-order valence-electron chi connectivity index (χ4n) is 2.51. The van der Waals surface area contributed by atoms with Gasteiger partial charge in [0.25, 0.3) is 0 Å². The van der Waals surface area contributed by atoms with Gasteiger partial charge in [0.2, 0.25) is 11.0 Å². The number of benzene rings is 2. The van der Waals surface area contributed by atoms with Gasteiger partial charge in [0.05, 0.1) is 5.25 Å². The molecule has 27 heavy (non-hydrogen) atoms. The Balaban J connectivity index is 1.60. The van der Waals surface area contributed by atoms with E-state index in [1.54, 1.807) is 0 Å². The minimum Gasteiger partial charge on any atom is -0.330 e. The number of carbonyl (C=O) groups excluding carboxylic acids is 1. The highest BCUT2D eigenvalue weighted by Crippen LogP contribution is 2.31. The summed E-state index contributed by atoms with van der Waals surface area (Å²) in [6.07, 6.45) is 0. The highest BCUT2D eigenvalue weighted by Gasteiger charge is 2.19. The van der Waals surface area contributed by atoms with Crippen LogP contribution in [0.3, 0.4) is 0 Å². The van der Waals surface area contributed by atoms with E-state index in [4.69, 9.17) is 0 Å². The SMILES string of the molecule is CC(C)c1ccccc1NC(=O)[C@H](C)Sc1nnc(Nc2ccccc2)s1. The van der Waals surface area contributed by atoms with Crippen molar-refractivity contribution in [1.29, 1.82) is 0 Å². The van der Waals surface area contributed by atoms with E-state index in [9.17, 15) is 4.79 Å². The second kappa shape index (κ2) is 9.01. The number of aromatic nitrogens is 2. The number of anilines is 3. The van der Waals surface area contributed by atoms with Gasteiger partial charge >= 0.3 is 0 Å². The summed E-state index contributed by atoms with van der Waals surface area (Å²) in [7, 11) is 0. The Kier molecular flexibility index (Phi) is 6.47. The number of nitrogens with zero attached hydrogens (tertiary/aromatic N) is 2. The monoisotopic (exact) mass is 398 g/mol. The molecular weight excluding hydrogens is 376 g/mol. The van der Waals surface area contributed by atoms with Crippen molar-refractivity contribution in [3.05, 3.63) is 60.2 Å². The molecular formula is C20H22N4OS2. The van der Waals surface area contributed by atoms with E-state index in [1.807, 2.05) is 61.5 Å². The van der Waals surface area contributed by atoms with Crippen LogP contribution in [0.25, 0.3) is 0 Å². The van der Waals surface area contributed by atoms with Crippen LogP contribution in [-0.4, -0.2) is 21.4 Å². The fraction of sp³-hybridized carbons (Fsp3) is 0.250. The molecule has 2 aromatic carbocycles. The summed E-state index contributed by atoms with van der Waals surface area (Å²) in [4.78, 5) is 12.6. The molecule has 1 heterocycles. The van der Waals surface area contributed by atoms with Crippen molar-refractivity contribution in [1.82, 2.24) is 10.2 Å². The lowest BCUT2D eigenvalue weighted by atomic mass is 10.0. The smallest absolute Gasteiger partial charge is 0.237 e. The Morgan fingerprint density at radius 3 is 2.44 bits per heavy atom. The molecule has 0 bridgehead atoms. The molecule has 0 unspecified atom stereocenters. The number of para-hydroxylation sites is 2. The van der Waals surface area contributed by atoms with Gasteiger partial charge in [-0.25, -0.2) is 0 Å². The quantitative estimate of drug-likeness (QED) is 0.513. The maximum atomic E-state index is 12.6. The van der Waals surface area contributed by atoms with Gasteiger partial charge in [-0.3, -0.25) is 4.79 Å². The third kappa shape index (κ3) is 5.30. The van der Waals surface area contributed by atoms with E-state index >= 15 is 0 Å². The van der Waals surface area contributed by atoms with Crippen LogP contribution in [0, 0.1) is 0 Å². The first-order valence-corrected chi connectivity index (χ1v) is 10.4. The van der Waals surface area contributed by atoms with Crippen molar-refractivity contribution in [2.45, 2.75) is 36.3 Å². The molecule has 7 heteroatoms. The maximum absolute atomic E-state index is 12.6. The number of hydrogen-bond acceptors (Lipinski definition) is 6. The first-order valence-electron chi connectivity index (χ1n) is 8.75. The average Bonchev–Trinajstić information content (AvgIpc) is 3.09. The summed E-state index contributed by atoms with van der Waals surface area (Å²) in [5.74, 6) is 0.306. The molecule has 0 spiro atoms. The number of amides is 1. The van der Waals surface area contributed by atoms with E-state index in [0.29, 0.717) is 11.0 Å². The van der Waals surface area contributed by atoms with Crippen LogP contribution < -0.4 is 10.6 Å². The standard InChI is InChI=1S/C20H22N4OS2/c1-13(2)16-11-7-8-12-17(16)22-18(25)14(3)26-20-24-23-19(27-20)21-15-9-5-4-6-10-15/h4-14H,1-3H3,(H,21,23)(H,22,25)/t14-/m0/s1. The molecule has 5 nitrogen and oxygen atoms in total. The Hall–Kier alpha value is -2.38. The van der Waals surface area contributed by atoms with Gasteiger partial charge in [0.1, 0.15) is 0 Å². The number of carbonyl (C=O) groups is 1. The number of hydrogen-bond donors (Lipinski definition) is 2. The zero-order valence-corrected chi connectivity index (χ0v) is 17.1. The van der Waals surface area contributed by atoms with Crippen LogP contribution in [-0.2, 0) is 4.79 Å². The molecule has 0 saturated heterocycles. The number of thioether (sulfide) groups is 1. The predicted molar refractivity (Wildman–Crippen MR) is 114 cm³/mol. The summed E-state index contributed by atoms with van der Waals surface area (Å²) in [6, 6.07) is 17.7. The van der Waals surface area contributed by atoms with Gasteiger partial charge in [-0.05, 0) is 36.6 Å². The van der Waals surface area contributed by atoms with Crippen molar-refractivity contribution in [3.63, 3.8) is 0 Å². The lowest BCUT2D eigenvalue weighted by Gasteiger charge is -2.15. The van der Waals surface area contributed by atoms with Crippen molar-refractivity contribution >= 4 is 45.5 Å². The zero-order chi connectivity index (χ0) is 19.2. The number of nitrogens with one attached hydrogen (secondary N) is 2. The van der Waals surface area contributed by atoms with E-state index in [-0.39, 0.29) is 11.2 Å². The molecule has 1 amide bonds. The molecule has 0 aliphatic heterocycles. The molecule has 0 aliphatic rings. The van der Waals surface area contributed by atoms with E-state index in [2.05, 4.69) is 34.7 Å². The number of rotatable bonds is 7. The summed E-state index contributed by atoms with van der Waals surface area (Å²) < 4.78 is 0.758. The summed E-state index contributed by atoms with van der Waals surface area (Å²) in [5, 5.41) is 15.0. The molecule has 0 saturated carbocycles. The van der Waals surface area contributed by atoms with Gasteiger partial charge in [-0.1, -0.05) is 73.3 Å². The van der Waals surface area contributed by atoms with Crippen LogP contribution in [0.2, 0.25) is 0 Å². The molecule has 3 rings (SSSR count). The van der Waals surface area contributed by atoms with E-state index in [0.717, 1.165) is 21.3 Å². The van der Waals surface area contributed by atoms with Crippen molar-refractivity contribution in [2.24, 2.45) is 0 Å². The predicted octanol–water partition coefficient (Wildman–Crippen LogP) is 5.52. The molecule has 140 valence electrons. The van der Waals surface area contributed by atoms with Crippen LogP contribution in [0.4, 0.5) is 16.5 Å². The normalized spacial score (nSPS) is 12.0. The van der Waals surface area contributed by atoms with E-state index in [1.165, 1.54) is 23.1 Å². The second-order valence-electron chi connectivity index (χ2n) is 6.36. The Bertz CT molecular complexity index is 896. The van der Waals surface area contributed by atoms with Gasteiger partial charge in [0, 0.05) is 11.4 Å². The largest absolute Gasteiger partial charge is 0.330 e. The maximum Gasteiger partial charge on any atom is 0.237 e. The highest BCUT2D eigenvalue weighted by atomic mass is 32.2. The summed E-state index contributed by atoms with van der Waals surface area (Å²) in [6.45, 7) is 6.11. The van der Waals surface area contributed by atoms with Crippen molar-refractivity contribution in [2.75, 3.05) is 10.6 Å². The topological polar surface area (TPSA) is 66.9 Å². The molecule has 0 radical (unpaired) electrons. The third-order valence-electron chi connectivity index (χ3n) is 3.92. The van der Waals surface area contributed by atoms with Gasteiger partial charge in [-0.2, -0.15) is 0 Å². The van der Waals surface area contributed by atoms with Gasteiger partial charge in [-0.15, -0.1) is 10.2 Å². The average molecular weight is 399 g/mol. The second-order valence-corrected chi connectivity index (χ2v) is 8.92. The van der Waals surface area contributed by atoms with E-state index < -0.39 is 0 Å². The van der Waals surface area contributed by atoms with Crippen LogP contribution in [0.5, 0.6) is 0 Å². The Morgan fingerprint density at radius 2 is 1.70 bits per heavy atom. The molecule has 0 fully saturated rings. The van der Waals surface area contributed by atoms with Crippen LogP contribution >= 0.6 is 23.1 Å². The van der Waals surface area contributed by atoms with Crippen LogP contribution in [0.1, 0.15) is 32.3 Å². The third-order valence-corrected chi connectivity index (χ3v) is 5.94. The molecule has 1 atom stereocenters. The highest BCUT2D eigenvalue weighted by molar-refractivity contribution is 8.02. The lowest BCUT2D eigenvalue weighted by Crippen LogP contribution is -2.23. The van der Waals surface area contributed by atoms with Gasteiger partial charge < -0.3 is 10.6 Å². The molecule has 2 N–H and O–H groups in total. The Morgan fingerprint density at radius 1 is 1.00 bits per heavy atom. The first kappa shape index (κ1) is 19.4.